The summed E-state index contributed by atoms with van der Waals surface area (Å²) in [4.78, 5) is 30.2. The van der Waals surface area contributed by atoms with Gasteiger partial charge in [0.05, 0.1) is 0 Å². The predicted molar refractivity (Wildman–Crippen MR) is 94.7 cm³/mol. The maximum atomic E-state index is 13.0. The molecule has 1 atom stereocenters. The first-order chi connectivity index (χ1) is 12.1. The Morgan fingerprint density at radius 1 is 1.16 bits per heavy atom. The van der Waals surface area contributed by atoms with E-state index in [-0.39, 0.29) is 11.9 Å². The molecule has 1 fully saturated rings. The van der Waals surface area contributed by atoms with Crippen LogP contribution < -0.4 is 4.90 Å². The Morgan fingerprint density at radius 2 is 1.96 bits per heavy atom. The standard InChI is InChI=1S/C18H20N6O/c1-13-4-3-5-15(21-13)23-10-11-24(14(2)12-23)18(25)16-17-20-7-9-22(17)8-6-19-16/h3-9,14H,10-12H2,1-2H3/t14-/m0/s1. The van der Waals surface area contributed by atoms with Crippen molar-refractivity contribution in [2.24, 2.45) is 0 Å². The third kappa shape index (κ3) is 2.82. The first-order valence-electron chi connectivity index (χ1n) is 8.41. The molecule has 25 heavy (non-hydrogen) atoms. The highest BCUT2D eigenvalue weighted by molar-refractivity contribution is 5.98. The number of aromatic nitrogens is 4. The number of hydrogen-bond acceptors (Lipinski definition) is 5. The molecule has 4 rings (SSSR count). The van der Waals surface area contributed by atoms with Gasteiger partial charge in [-0.2, -0.15) is 0 Å². The molecule has 0 radical (unpaired) electrons. The van der Waals surface area contributed by atoms with Gasteiger partial charge in [-0.3, -0.25) is 4.79 Å². The molecule has 3 aromatic heterocycles. The number of aryl methyl sites for hydroxylation is 1. The highest BCUT2D eigenvalue weighted by Gasteiger charge is 2.30. The van der Waals surface area contributed by atoms with Crippen LogP contribution in [-0.4, -0.2) is 55.8 Å². The molecule has 4 heterocycles. The van der Waals surface area contributed by atoms with Crippen molar-refractivity contribution in [1.82, 2.24) is 24.3 Å². The molecule has 0 saturated carbocycles. The van der Waals surface area contributed by atoms with Crippen molar-refractivity contribution in [2.75, 3.05) is 24.5 Å². The molecular weight excluding hydrogens is 316 g/mol. The van der Waals surface area contributed by atoms with Gasteiger partial charge in [-0.15, -0.1) is 0 Å². The Morgan fingerprint density at radius 3 is 2.72 bits per heavy atom. The largest absolute Gasteiger partial charge is 0.353 e. The number of piperazine rings is 1. The summed E-state index contributed by atoms with van der Waals surface area (Å²) >= 11 is 0. The molecule has 0 spiro atoms. The lowest BCUT2D eigenvalue weighted by molar-refractivity contribution is 0.0669. The minimum Gasteiger partial charge on any atom is -0.353 e. The van der Waals surface area contributed by atoms with Gasteiger partial charge < -0.3 is 14.2 Å². The van der Waals surface area contributed by atoms with Crippen LogP contribution in [0.4, 0.5) is 5.82 Å². The molecule has 3 aromatic rings. The van der Waals surface area contributed by atoms with E-state index in [2.05, 4.69) is 26.8 Å². The number of pyridine rings is 1. The molecule has 0 aliphatic carbocycles. The summed E-state index contributed by atoms with van der Waals surface area (Å²) in [5.41, 5.74) is 2.00. The van der Waals surface area contributed by atoms with Crippen LogP contribution >= 0.6 is 0 Å². The zero-order chi connectivity index (χ0) is 17.4. The molecule has 1 aliphatic heterocycles. The fraction of sp³-hybridized carbons (Fsp3) is 0.333. The molecular formula is C18H20N6O. The van der Waals surface area contributed by atoms with E-state index in [1.54, 1.807) is 18.6 Å². The third-order valence-electron chi connectivity index (χ3n) is 4.60. The molecule has 128 valence electrons. The van der Waals surface area contributed by atoms with Gasteiger partial charge in [0.1, 0.15) is 5.82 Å². The fourth-order valence-electron chi connectivity index (χ4n) is 3.31. The smallest absolute Gasteiger partial charge is 0.276 e. The lowest BCUT2D eigenvalue weighted by Crippen LogP contribution is -2.54. The van der Waals surface area contributed by atoms with Gasteiger partial charge in [0.2, 0.25) is 0 Å². The van der Waals surface area contributed by atoms with E-state index in [1.807, 2.05) is 40.6 Å². The van der Waals surface area contributed by atoms with Gasteiger partial charge in [0.15, 0.2) is 11.3 Å². The van der Waals surface area contributed by atoms with E-state index in [9.17, 15) is 4.79 Å². The molecule has 0 aromatic carbocycles. The van der Waals surface area contributed by atoms with Gasteiger partial charge in [-0.25, -0.2) is 15.0 Å². The number of rotatable bonds is 2. The van der Waals surface area contributed by atoms with Crippen LogP contribution in [0.3, 0.4) is 0 Å². The summed E-state index contributed by atoms with van der Waals surface area (Å²) in [6, 6.07) is 6.09. The fourth-order valence-corrected chi connectivity index (χ4v) is 3.31. The Hall–Kier alpha value is -2.96. The van der Waals surface area contributed by atoms with Crippen molar-refractivity contribution in [3.05, 3.63) is 54.4 Å². The molecule has 7 heteroatoms. The van der Waals surface area contributed by atoms with Crippen molar-refractivity contribution in [2.45, 2.75) is 19.9 Å². The zero-order valence-electron chi connectivity index (χ0n) is 14.3. The predicted octanol–water partition coefficient (Wildman–Crippen LogP) is 1.78. The van der Waals surface area contributed by atoms with E-state index in [0.717, 1.165) is 24.6 Å². The molecule has 1 amide bonds. The number of nitrogens with zero attached hydrogens (tertiary/aromatic N) is 6. The highest BCUT2D eigenvalue weighted by Crippen LogP contribution is 2.19. The second-order valence-electron chi connectivity index (χ2n) is 6.36. The summed E-state index contributed by atoms with van der Waals surface area (Å²) in [6.45, 7) is 6.19. The number of hydrogen-bond donors (Lipinski definition) is 0. The van der Waals surface area contributed by atoms with Crippen molar-refractivity contribution in [3.8, 4) is 0 Å². The van der Waals surface area contributed by atoms with Crippen molar-refractivity contribution in [1.29, 1.82) is 0 Å². The maximum absolute atomic E-state index is 13.0. The quantitative estimate of drug-likeness (QED) is 0.714. The van der Waals surface area contributed by atoms with Crippen LogP contribution in [0, 0.1) is 6.92 Å². The zero-order valence-corrected chi connectivity index (χ0v) is 14.3. The van der Waals surface area contributed by atoms with E-state index in [1.165, 1.54) is 0 Å². The molecule has 1 aliphatic rings. The van der Waals surface area contributed by atoms with E-state index < -0.39 is 0 Å². The normalized spacial score (nSPS) is 17.9. The van der Waals surface area contributed by atoms with Gasteiger partial charge in [-0.1, -0.05) is 6.07 Å². The summed E-state index contributed by atoms with van der Waals surface area (Å²) in [7, 11) is 0. The van der Waals surface area contributed by atoms with E-state index in [4.69, 9.17) is 0 Å². The number of amides is 1. The average molecular weight is 336 g/mol. The average Bonchev–Trinajstić information content (AvgIpc) is 3.10. The Labute approximate surface area is 145 Å². The van der Waals surface area contributed by atoms with Crippen molar-refractivity contribution < 1.29 is 4.79 Å². The van der Waals surface area contributed by atoms with Gasteiger partial charge in [-0.05, 0) is 26.0 Å². The molecule has 0 N–H and O–H groups in total. The molecule has 0 unspecified atom stereocenters. The van der Waals surface area contributed by atoms with Crippen LogP contribution in [0.2, 0.25) is 0 Å². The summed E-state index contributed by atoms with van der Waals surface area (Å²) in [6.07, 6.45) is 6.93. The summed E-state index contributed by atoms with van der Waals surface area (Å²) < 4.78 is 1.82. The van der Waals surface area contributed by atoms with Crippen LogP contribution in [-0.2, 0) is 0 Å². The topological polar surface area (TPSA) is 66.6 Å². The number of carbonyl (C=O) groups excluding carboxylic acids is 1. The van der Waals surface area contributed by atoms with E-state index >= 15 is 0 Å². The van der Waals surface area contributed by atoms with E-state index in [0.29, 0.717) is 17.9 Å². The minimum absolute atomic E-state index is 0.0684. The second-order valence-corrected chi connectivity index (χ2v) is 6.36. The Balaban J connectivity index is 1.55. The number of fused-ring (bicyclic) bond motifs is 1. The lowest BCUT2D eigenvalue weighted by atomic mass is 10.1. The Bertz CT molecular complexity index is 921. The van der Waals surface area contributed by atoms with Crippen LogP contribution in [0.25, 0.3) is 5.65 Å². The first kappa shape index (κ1) is 15.6. The maximum Gasteiger partial charge on any atom is 0.276 e. The van der Waals surface area contributed by atoms with Crippen molar-refractivity contribution >= 4 is 17.4 Å². The van der Waals surface area contributed by atoms with Crippen LogP contribution in [0.1, 0.15) is 23.1 Å². The van der Waals surface area contributed by atoms with Crippen molar-refractivity contribution in [3.63, 3.8) is 0 Å². The van der Waals surface area contributed by atoms with Crippen LogP contribution in [0.15, 0.2) is 43.0 Å². The van der Waals surface area contributed by atoms with Gasteiger partial charge in [0.25, 0.3) is 5.91 Å². The third-order valence-corrected chi connectivity index (χ3v) is 4.60. The summed E-state index contributed by atoms with van der Waals surface area (Å²) in [5, 5.41) is 0. The minimum atomic E-state index is -0.0684. The molecule has 7 nitrogen and oxygen atoms in total. The van der Waals surface area contributed by atoms with Gasteiger partial charge in [0, 0.05) is 56.2 Å². The molecule has 1 saturated heterocycles. The number of imidazole rings is 1. The summed E-state index contributed by atoms with van der Waals surface area (Å²) in [5.74, 6) is 0.897. The van der Waals surface area contributed by atoms with Crippen LogP contribution in [0.5, 0.6) is 0 Å². The Kier molecular flexibility index (Phi) is 3.83. The highest BCUT2D eigenvalue weighted by atomic mass is 16.2. The van der Waals surface area contributed by atoms with Gasteiger partial charge >= 0.3 is 0 Å². The second kappa shape index (κ2) is 6.16. The molecule has 0 bridgehead atoms. The SMILES string of the molecule is Cc1cccc(N2CCN(C(=O)c3nccn4ccnc34)[C@@H](C)C2)n1. The number of anilines is 1. The lowest BCUT2D eigenvalue weighted by Gasteiger charge is -2.40. The monoisotopic (exact) mass is 336 g/mol. The first-order valence-corrected chi connectivity index (χ1v) is 8.41. The number of carbonyl (C=O) groups is 1.